The molecule has 18 heavy (non-hydrogen) atoms. The third kappa shape index (κ3) is 3.65. The smallest absolute Gasteiger partial charge is 0.150 e. The Morgan fingerprint density at radius 1 is 1.28 bits per heavy atom. The van der Waals surface area contributed by atoms with E-state index < -0.39 is 0 Å². The van der Waals surface area contributed by atoms with Gasteiger partial charge < -0.3 is 5.32 Å². The van der Waals surface area contributed by atoms with Crippen molar-refractivity contribution in [2.45, 2.75) is 19.8 Å². The summed E-state index contributed by atoms with van der Waals surface area (Å²) in [5.74, 6) is 0. The third-order valence-corrected chi connectivity index (χ3v) is 4.85. The zero-order chi connectivity index (χ0) is 13.0. The lowest BCUT2D eigenvalue weighted by Gasteiger charge is -1.97. The maximum absolute atomic E-state index is 6.10. The molecule has 0 aliphatic heterocycles. The normalized spacial score (nSPS) is 11.1. The van der Waals surface area contributed by atoms with Gasteiger partial charge in [-0.25, -0.2) is 0 Å². The van der Waals surface area contributed by atoms with Crippen LogP contribution >= 0.6 is 45.9 Å². The zero-order valence-corrected chi connectivity index (χ0v) is 13.0. The number of rotatable bonds is 6. The Hall–Kier alpha value is -0.200. The molecule has 2 rings (SSSR count). The molecule has 0 fully saturated rings. The summed E-state index contributed by atoms with van der Waals surface area (Å²) in [4.78, 5) is 0. The summed E-state index contributed by atoms with van der Waals surface area (Å²) in [6.07, 6.45) is 2.01. The summed E-state index contributed by atoms with van der Waals surface area (Å²) in [6.45, 7) is 4.12. The highest BCUT2D eigenvalue weighted by atomic mass is 35.5. The molecule has 0 spiro atoms. The van der Waals surface area contributed by atoms with Crippen molar-refractivity contribution in [2.24, 2.45) is 0 Å². The minimum atomic E-state index is 0.676. The zero-order valence-electron chi connectivity index (χ0n) is 9.87. The fourth-order valence-electron chi connectivity index (χ4n) is 1.49. The van der Waals surface area contributed by atoms with Gasteiger partial charge in [0.1, 0.15) is 14.4 Å². The van der Waals surface area contributed by atoms with Gasteiger partial charge in [0.05, 0.1) is 4.34 Å². The topological polar surface area (TPSA) is 37.8 Å². The average molecular weight is 322 g/mol. The maximum atomic E-state index is 6.10. The Labute approximate surface area is 124 Å². The van der Waals surface area contributed by atoms with Gasteiger partial charge in [-0.05, 0) is 25.6 Å². The Bertz CT molecular complexity index is 510. The number of halogens is 2. The first-order chi connectivity index (χ1) is 8.70. The third-order valence-electron chi connectivity index (χ3n) is 2.35. The van der Waals surface area contributed by atoms with E-state index in [1.54, 1.807) is 11.3 Å². The van der Waals surface area contributed by atoms with Crippen LogP contribution in [-0.2, 0) is 6.42 Å². The molecule has 2 heterocycles. The van der Waals surface area contributed by atoms with Crippen LogP contribution in [0.2, 0.25) is 8.67 Å². The summed E-state index contributed by atoms with van der Waals surface area (Å²) in [6, 6.07) is 1.84. The number of aromatic nitrogens is 2. The quantitative estimate of drug-likeness (QED) is 0.813. The molecule has 0 aliphatic rings. The molecule has 0 saturated heterocycles. The molecule has 3 nitrogen and oxygen atoms in total. The van der Waals surface area contributed by atoms with Crippen molar-refractivity contribution in [3.05, 3.63) is 19.7 Å². The van der Waals surface area contributed by atoms with Crippen molar-refractivity contribution >= 4 is 45.9 Å². The van der Waals surface area contributed by atoms with Crippen molar-refractivity contribution < 1.29 is 0 Å². The van der Waals surface area contributed by atoms with E-state index in [0.717, 1.165) is 41.5 Å². The molecule has 7 heteroatoms. The lowest BCUT2D eigenvalue weighted by Crippen LogP contribution is -2.14. The van der Waals surface area contributed by atoms with Crippen LogP contribution in [0, 0.1) is 0 Å². The van der Waals surface area contributed by atoms with Crippen LogP contribution in [0.25, 0.3) is 10.6 Å². The monoisotopic (exact) mass is 321 g/mol. The lowest BCUT2D eigenvalue weighted by atomic mass is 10.3. The average Bonchev–Trinajstić information content (AvgIpc) is 2.91. The van der Waals surface area contributed by atoms with E-state index in [4.69, 9.17) is 23.2 Å². The molecule has 0 bridgehead atoms. The van der Waals surface area contributed by atoms with E-state index in [1.165, 1.54) is 11.3 Å². The molecule has 0 aromatic carbocycles. The van der Waals surface area contributed by atoms with Crippen LogP contribution in [0.15, 0.2) is 6.07 Å². The van der Waals surface area contributed by atoms with Crippen LogP contribution in [-0.4, -0.2) is 23.3 Å². The fraction of sp³-hybridized carbons (Fsp3) is 0.455. The van der Waals surface area contributed by atoms with Gasteiger partial charge in [-0.3, -0.25) is 0 Å². The second-order valence-electron chi connectivity index (χ2n) is 3.70. The van der Waals surface area contributed by atoms with E-state index in [-0.39, 0.29) is 0 Å². The maximum Gasteiger partial charge on any atom is 0.150 e. The van der Waals surface area contributed by atoms with Gasteiger partial charge in [-0.1, -0.05) is 41.5 Å². The standard InChI is InChI=1S/C11H13Cl2N3S2/c1-2-14-5-3-4-9-15-16-11(18-9)7-6-8(12)17-10(7)13/h6,14H,2-5H2,1H3. The van der Waals surface area contributed by atoms with E-state index in [1.807, 2.05) is 6.07 Å². The van der Waals surface area contributed by atoms with Gasteiger partial charge in [0, 0.05) is 12.0 Å². The molecule has 0 atom stereocenters. The minimum absolute atomic E-state index is 0.676. The second kappa shape index (κ2) is 6.82. The Kier molecular flexibility index (Phi) is 5.38. The fourth-order valence-corrected chi connectivity index (χ4v) is 3.98. The van der Waals surface area contributed by atoms with Crippen LogP contribution in [0.4, 0.5) is 0 Å². The first-order valence-electron chi connectivity index (χ1n) is 5.69. The van der Waals surface area contributed by atoms with Gasteiger partial charge in [-0.15, -0.1) is 21.5 Å². The summed E-state index contributed by atoms with van der Waals surface area (Å²) in [5, 5.41) is 13.5. The number of nitrogens with one attached hydrogen (secondary N) is 1. The van der Waals surface area contributed by atoms with E-state index in [0.29, 0.717) is 8.67 Å². The summed E-state index contributed by atoms with van der Waals surface area (Å²) in [7, 11) is 0. The number of hydrogen-bond acceptors (Lipinski definition) is 5. The molecule has 2 aromatic rings. The molecule has 98 valence electrons. The Morgan fingerprint density at radius 3 is 2.78 bits per heavy atom. The molecule has 0 radical (unpaired) electrons. The predicted octanol–water partition coefficient (Wildman–Crippen LogP) is 4.12. The van der Waals surface area contributed by atoms with Crippen LogP contribution in [0.3, 0.4) is 0 Å². The number of thiophene rings is 1. The van der Waals surface area contributed by atoms with Gasteiger partial charge in [-0.2, -0.15) is 0 Å². The summed E-state index contributed by atoms with van der Waals surface area (Å²) >= 11 is 15.0. The minimum Gasteiger partial charge on any atom is -0.317 e. The van der Waals surface area contributed by atoms with E-state index in [2.05, 4.69) is 22.4 Å². The van der Waals surface area contributed by atoms with Gasteiger partial charge in [0.2, 0.25) is 0 Å². The molecule has 2 aromatic heterocycles. The van der Waals surface area contributed by atoms with Crippen molar-refractivity contribution in [3.8, 4) is 10.6 Å². The van der Waals surface area contributed by atoms with Crippen LogP contribution in [0.5, 0.6) is 0 Å². The highest BCUT2D eigenvalue weighted by molar-refractivity contribution is 7.21. The lowest BCUT2D eigenvalue weighted by molar-refractivity contribution is 0.669. The SMILES string of the molecule is CCNCCCc1nnc(-c2cc(Cl)sc2Cl)s1. The van der Waals surface area contributed by atoms with Crippen LogP contribution in [0.1, 0.15) is 18.4 Å². The highest BCUT2D eigenvalue weighted by Gasteiger charge is 2.13. The summed E-state index contributed by atoms with van der Waals surface area (Å²) in [5.41, 5.74) is 0.891. The molecular formula is C11H13Cl2N3S2. The second-order valence-corrected chi connectivity index (χ2v) is 7.04. The predicted molar refractivity (Wildman–Crippen MR) is 80.1 cm³/mol. The molecule has 0 aliphatic carbocycles. The van der Waals surface area contributed by atoms with Crippen LogP contribution < -0.4 is 5.32 Å². The first-order valence-corrected chi connectivity index (χ1v) is 8.08. The molecule has 0 amide bonds. The van der Waals surface area contributed by atoms with Gasteiger partial charge >= 0.3 is 0 Å². The highest BCUT2D eigenvalue weighted by Crippen LogP contribution is 2.39. The number of nitrogens with zero attached hydrogens (tertiary/aromatic N) is 2. The number of hydrogen-bond donors (Lipinski definition) is 1. The molecule has 1 N–H and O–H groups in total. The van der Waals surface area contributed by atoms with E-state index in [9.17, 15) is 0 Å². The number of aryl methyl sites for hydroxylation is 1. The van der Waals surface area contributed by atoms with Crippen molar-refractivity contribution in [1.82, 2.24) is 15.5 Å². The Morgan fingerprint density at radius 2 is 2.11 bits per heavy atom. The summed E-state index contributed by atoms with van der Waals surface area (Å²) < 4.78 is 1.36. The van der Waals surface area contributed by atoms with Gasteiger partial charge in [0.15, 0.2) is 0 Å². The van der Waals surface area contributed by atoms with Gasteiger partial charge in [0.25, 0.3) is 0 Å². The van der Waals surface area contributed by atoms with Crippen molar-refractivity contribution in [2.75, 3.05) is 13.1 Å². The molecular weight excluding hydrogens is 309 g/mol. The van der Waals surface area contributed by atoms with E-state index >= 15 is 0 Å². The van der Waals surface area contributed by atoms with Crippen molar-refractivity contribution in [3.63, 3.8) is 0 Å². The first kappa shape index (κ1) is 14.2. The van der Waals surface area contributed by atoms with Crippen molar-refractivity contribution in [1.29, 1.82) is 0 Å². The Balaban J connectivity index is 1.99. The largest absolute Gasteiger partial charge is 0.317 e. The molecule has 0 unspecified atom stereocenters. The molecule has 0 saturated carbocycles.